The van der Waals surface area contributed by atoms with Crippen LogP contribution < -0.4 is 5.32 Å². The fraction of sp³-hybridized carbons (Fsp3) is 0.400. The highest BCUT2D eigenvalue weighted by Crippen LogP contribution is 2.27. The number of carbonyl (C=O) groups is 2. The van der Waals surface area contributed by atoms with Gasteiger partial charge in [0.1, 0.15) is 5.76 Å². The maximum Gasteiger partial charge on any atom is 0.255 e. The van der Waals surface area contributed by atoms with Gasteiger partial charge in [0.2, 0.25) is 5.91 Å². The molecule has 3 rings (SSSR count). The highest BCUT2D eigenvalue weighted by molar-refractivity contribution is 5.97. The molecule has 1 aliphatic heterocycles. The van der Waals surface area contributed by atoms with Gasteiger partial charge in [0.25, 0.3) is 5.91 Å². The van der Waals surface area contributed by atoms with Crippen LogP contribution in [0.5, 0.6) is 0 Å². The number of nitrogens with zero attached hydrogens (tertiary/aromatic N) is 1. The Morgan fingerprint density at radius 1 is 1.16 bits per heavy atom. The van der Waals surface area contributed by atoms with E-state index in [1.807, 2.05) is 11.0 Å². The van der Waals surface area contributed by atoms with E-state index in [-0.39, 0.29) is 18.4 Å². The van der Waals surface area contributed by atoms with E-state index in [2.05, 4.69) is 29.6 Å². The number of furan rings is 1. The quantitative estimate of drug-likeness (QED) is 0.930. The van der Waals surface area contributed by atoms with Gasteiger partial charge in [-0.3, -0.25) is 9.59 Å². The van der Waals surface area contributed by atoms with Crippen LogP contribution in [0.2, 0.25) is 0 Å². The Kier molecular flexibility index (Phi) is 5.53. The van der Waals surface area contributed by atoms with Crippen molar-refractivity contribution in [2.75, 3.05) is 19.6 Å². The van der Waals surface area contributed by atoms with Crippen molar-refractivity contribution in [1.29, 1.82) is 0 Å². The SMILES string of the molecule is Cc1occc1C(=O)NCC(=O)N1CCCC(c2ccccc2)CC1. The maximum absolute atomic E-state index is 12.4. The summed E-state index contributed by atoms with van der Waals surface area (Å²) in [6.07, 6.45) is 4.52. The second-order valence-corrected chi connectivity index (χ2v) is 6.49. The molecule has 1 aromatic carbocycles. The highest BCUT2D eigenvalue weighted by Gasteiger charge is 2.22. The van der Waals surface area contributed by atoms with E-state index in [0.29, 0.717) is 17.2 Å². The molecule has 1 aromatic heterocycles. The average molecular weight is 340 g/mol. The minimum Gasteiger partial charge on any atom is -0.469 e. The second kappa shape index (κ2) is 8.01. The number of carbonyl (C=O) groups excluding carboxylic acids is 2. The number of hydrogen-bond donors (Lipinski definition) is 1. The lowest BCUT2D eigenvalue weighted by molar-refractivity contribution is -0.130. The average Bonchev–Trinajstić information content (AvgIpc) is 2.92. The Balaban J connectivity index is 1.51. The zero-order chi connectivity index (χ0) is 17.6. The van der Waals surface area contributed by atoms with Gasteiger partial charge in [-0.2, -0.15) is 0 Å². The Labute approximate surface area is 148 Å². The van der Waals surface area contributed by atoms with Gasteiger partial charge in [0.15, 0.2) is 0 Å². The van der Waals surface area contributed by atoms with E-state index in [4.69, 9.17) is 4.42 Å². The van der Waals surface area contributed by atoms with Gasteiger partial charge >= 0.3 is 0 Å². The van der Waals surface area contributed by atoms with Gasteiger partial charge in [-0.25, -0.2) is 0 Å². The fourth-order valence-electron chi connectivity index (χ4n) is 3.39. The van der Waals surface area contributed by atoms with Crippen molar-refractivity contribution >= 4 is 11.8 Å². The van der Waals surface area contributed by atoms with Gasteiger partial charge in [-0.05, 0) is 43.7 Å². The van der Waals surface area contributed by atoms with Crippen LogP contribution in [0.15, 0.2) is 47.1 Å². The summed E-state index contributed by atoms with van der Waals surface area (Å²) in [7, 11) is 0. The van der Waals surface area contributed by atoms with Crippen LogP contribution in [0, 0.1) is 6.92 Å². The van der Waals surface area contributed by atoms with Crippen LogP contribution in [0.3, 0.4) is 0 Å². The maximum atomic E-state index is 12.4. The molecule has 1 atom stereocenters. The summed E-state index contributed by atoms with van der Waals surface area (Å²) in [5.41, 5.74) is 1.83. The molecule has 25 heavy (non-hydrogen) atoms. The molecule has 5 nitrogen and oxygen atoms in total. The van der Waals surface area contributed by atoms with E-state index in [9.17, 15) is 9.59 Å². The van der Waals surface area contributed by atoms with Crippen molar-refractivity contribution in [3.8, 4) is 0 Å². The number of likely N-dealkylation sites (tertiary alicyclic amines) is 1. The van der Waals surface area contributed by atoms with Gasteiger partial charge in [0, 0.05) is 13.1 Å². The molecule has 0 saturated carbocycles. The Bertz CT molecular complexity index is 724. The van der Waals surface area contributed by atoms with E-state index in [0.717, 1.165) is 32.4 Å². The molecule has 2 heterocycles. The van der Waals surface area contributed by atoms with Crippen LogP contribution in [0.25, 0.3) is 0 Å². The van der Waals surface area contributed by atoms with Crippen LogP contribution >= 0.6 is 0 Å². The number of amides is 2. The second-order valence-electron chi connectivity index (χ2n) is 6.49. The Morgan fingerprint density at radius 3 is 2.68 bits per heavy atom. The fourth-order valence-corrected chi connectivity index (χ4v) is 3.39. The van der Waals surface area contributed by atoms with E-state index < -0.39 is 0 Å². The molecule has 5 heteroatoms. The molecule has 1 N–H and O–H groups in total. The first kappa shape index (κ1) is 17.3. The monoisotopic (exact) mass is 340 g/mol. The van der Waals surface area contributed by atoms with Crippen molar-refractivity contribution in [2.24, 2.45) is 0 Å². The molecule has 2 amide bonds. The number of benzene rings is 1. The zero-order valence-electron chi connectivity index (χ0n) is 14.5. The van der Waals surface area contributed by atoms with Crippen molar-refractivity contribution in [3.05, 3.63) is 59.5 Å². The van der Waals surface area contributed by atoms with Crippen molar-refractivity contribution in [2.45, 2.75) is 32.1 Å². The summed E-state index contributed by atoms with van der Waals surface area (Å²) in [4.78, 5) is 26.4. The highest BCUT2D eigenvalue weighted by atomic mass is 16.3. The largest absolute Gasteiger partial charge is 0.469 e. The summed E-state index contributed by atoms with van der Waals surface area (Å²) in [6.45, 7) is 3.25. The minimum atomic E-state index is -0.267. The predicted octanol–water partition coefficient (Wildman–Crippen LogP) is 3.11. The normalized spacial score (nSPS) is 17.8. The third-order valence-corrected chi connectivity index (χ3v) is 4.86. The standard InChI is InChI=1S/C20H24N2O3/c1-15-18(10-13-25-15)20(24)21-14-19(23)22-11-5-8-17(9-12-22)16-6-3-2-4-7-16/h2-4,6-7,10,13,17H,5,8-9,11-12,14H2,1H3,(H,21,24). The van der Waals surface area contributed by atoms with E-state index in [1.54, 1.807) is 13.0 Å². The smallest absolute Gasteiger partial charge is 0.255 e. The lowest BCUT2D eigenvalue weighted by Crippen LogP contribution is -2.40. The van der Waals surface area contributed by atoms with Crippen LogP contribution in [-0.2, 0) is 4.79 Å². The van der Waals surface area contributed by atoms with Gasteiger partial charge < -0.3 is 14.6 Å². The lowest BCUT2D eigenvalue weighted by atomic mass is 9.92. The number of hydrogen-bond acceptors (Lipinski definition) is 3. The predicted molar refractivity (Wildman–Crippen MR) is 95.4 cm³/mol. The molecule has 0 bridgehead atoms. The summed E-state index contributed by atoms with van der Waals surface area (Å²) < 4.78 is 5.12. The Hall–Kier alpha value is -2.56. The Morgan fingerprint density at radius 2 is 1.96 bits per heavy atom. The molecule has 0 spiro atoms. The first-order valence-electron chi connectivity index (χ1n) is 8.80. The van der Waals surface area contributed by atoms with Crippen LogP contribution in [-0.4, -0.2) is 36.3 Å². The molecular weight excluding hydrogens is 316 g/mol. The number of rotatable bonds is 4. The number of aryl methyl sites for hydroxylation is 1. The lowest BCUT2D eigenvalue weighted by Gasteiger charge is -2.21. The topological polar surface area (TPSA) is 62.6 Å². The van der Waals surface area contributed by atoms with Gasteiger partial charge in [-0.1, -0.05) is 30.3 Å². The summed E-state index contributed by atoms with van der Waals surface area (Å²) in [6, 6.07) is 12.1. The van der Waals surface area contributed by atoms with Crippen molar-refractivity contribution < 1.29 is 14.0 Å². The molecule has 1 unspecified atom stereocenters. The molecule has 0 radical (unpaired) electrons. The first-order valence-corrected chi connectivity index (χ1v) is 8.80. The summed E-state index contributed by atoms with van der Waals surface area (Å²) >= 11 is 0. The van der Waals surface area contributed by atoms with Crippen molar-refractivity contribution in [3.63, 3.8) is 0 Å². The summed E-state index contributed by atoms with van der Waals surface area (Å²) in [5.74, 6) is 0.771. The third kappa shape index (κ3) is 4.29. The van der Waals surface area contributed by atoms with E-state index >= 15 is 0 Å². The molecule has 1 fully saturated rings. The van der Waals surface area contributed by atoms with Gasteiger partial charge in [0.05, 0.1) is 18.4 Å². The van der Waals surface area contributed by atoms with Crippen LogP contribution in [0.4, 0.5) is 0 Å². The minimum absolute atomic E-state index is 0.0248. The molecule has 1 saturated heterocycles. The molecule has 0 aliphatic carbocycles. The molecule has 2 aromatic rings. The van der Waals surface area contributed by atoms with E-state index in [1.165, 1.54) is 11.8 Å². The zero-order valence-corrected chi connectivity index (χ0v) is 14.5. The molecule has 1 aliphatic rings. The van der Waals surface area contributed by atoms with Crippen LogP contribution in [0.1, 0.15) is 46.9 Å². The molecular formula is C20H24N2O3. The van der Waals surface area contributed by atoms with Crippen molar-refractivity contribution in [1.82, 2.24) is 10.2 Å². The third-order valence-electron chi connectivity index (χ3n) is 4.86. The summed E-state index contributed by atoms with van der Waals surface area (Å²) in [5, 5.41) is 2.70. The van der Waals surface area contributed by atoms with Gasteiger partial charge in [-0.15, -0.1) is 0 Å². The first-order chi connectivity index (χ1) is 12.1. The molecule has 132 valence electrons. The number of nitrogens with one attached hydrogen (secondary N) is 1.